The van der Waals surface area contributed by atoms with Gasteiger partial charge in [0.15, 0.2) is 0 Å². The molecule has 0 amide bonds. The van der Waals surface area contributed by atoms with Crippen LogP contribution < -0.4 is 14.2 Å². The molecule has 0 aromatic heterocycles. The zero-order valence-corrected chi connectivity index (χ0v) is 19.3. The number of hydrogen-bond acceptors (Lipinski definition) is 5. The molecule has 0 bridgehead atoms. The minimum Gasteiger partial charge on any atom is -0.497 e. The number of sulfonamides is 2. The molecule has 2 N–H and O–H groups in total. The monoisotopic (exact) mass is 460 g/mol. The number of hydrogen-bond donors (Lipinski definition) is 2. The Morgan fingerprint density at radius 1 is 0.677 bits per heavy atom. The number of aryl methyl sites for hydroxylation is 3. The molecule has 7 nitrogen and oxygen atoms in total. The van der Waals surface area contributed by atoms with Crippen LogP contribution in [-0.2, 0) is 20.0 Å². The lowest BCUT2D eigenvalue weighted by Crippen LogP contribution is -2.16. The van der Waals surface area contributed by atoms with Gasteiger partial charge in [0.2, 0.25) is 0 Å². The van der Waals surface area contributed by atoms with E-state index in [-0.39, 0.29) is 9.79 Å². The van der Waals surface area contributed by atoms with Gasteiger partial charge in [0, 0.05) is 11.4 Å². The summed E-state index contributed by atoms with van der Waals surface area (Å²) in [6.07, 6.45) is 0. The number of nitrogens with one attached hydrogen (secondary N) is 2. The van der Waals surface area contributed by atoms with Crippen LogP contribution in [-0.4, -0.2) is 23.9 Å². The van der Waals surface area contributed by atoms with Gasteiger partial charge in [0.25, 0.3) is 20.0 Å². The summed E-state index contributed by atoms with van der Waals surface area (Å²) in [5, 5.41) is 0. The van der Waals surface area contributed by atoms with Gasteiger partial charge in [-0.1, -0.05) is 17.7 Å². The molecule has 164 valence electrons. The Hall–Kier alpha value is -3.04. The minimum absolute atomic E-state index is 0.0865. The Kier molecular flexibility index (Phi) is 6.28. The molecule has 0 fully saturated rings. The van der Waals surface area contributed by atoms with Crippen molar-refractivity contribution in [3.05, 3.63) is 77.4 Å². The first-order chi connectivity index (χ1) is 14.5. The topological polar surface area (TPSA) is 102 Å². The number of benzene rings is 3. The predicted octanol–water partition coefficient (Wildman–Crippen LogP) is 4.22. The molecule has 0 aliphatic rings. The van der Waals surface area contributed by atoms with Crippen LogP contribution in [0.5, 0.6) is 5.75 Å². The third-order valence-corrected chi connectivity index (χ3v) is 7.72. The number of anilines is 2. The van der Waals surface area contributed by atoms with E-state index in [1.807, 2.05) is 19.1 Å². The Morgan fingerprint density at radius 2 is 1.13 bits per heavy atom. The fourth-order valence-electron chi connectivity index (χ4n) is 3.37. The van der Waals surface area contributed by atoms with Gasteiger partial charge in [-0.25, -0.2) is 16.8 Å². The number of ether oxygens (including phenoxy) is 1. The van der Waals surface area contributed by atoms with Crippen molar-refractivity contribution in [1.82, 2.24) is 0 Å². The molecule has 3 aromatic carbocycles. The summed E-state index contributed by atoms with van der Waals surface area (Å²) in [5.74, 6) is 0.551. The largest absolute Gasteiger partial charge is 0.497 e. The Labute approximate surface area is 183 Å². The van der Waals surface area contributed by atoms with Crippen LogP contribution >= 0.6 is 0 Å². The second-order valence-electron chi connectivity index (χ2n) is 7.19. The Bertz CT molecular complexity index is 1280. The second kappa shape index (κ2) is 8.60. The van der Waals surface area contributed by atoms with Crippen molar-refractivity contribution in [2.45, 2.75) is 30.6 Å². The van der Waals surface area contributed by atoms with Gasteiger partial charge in [0.1, 0.15) is 5.75 Å². The summed E-state index contributed by atoms with van der Waals surface area (Å²) < 4.78 is 60.9. The van der Waals surface area contributed by atoms with Gasteiger partial charge in [-0.15, -0.1) is 0 Å². The SMILES string of the molecule is COc1ccc(S(=O)(=O)Nc2ccc(NS(=O)(=O)c3c(C)cc(C)cc3C)cc2)cc1. The zero-order chi connectivity index (χ0) is 22.8. The fourth-order valence-corrected chi connectivity index (χ4v) is 5.94. The summed E-state index contributed by atoms with van der Waals surface area (Å²) in [6, 6.07) is 15.6. The van der Waals surface area contributed by atoms with E-state index >= 15 is 0 Å². The van der Waals surface area contributed by atoms with Crippen LogP contribution in [0.25, 0.3) is 0 Å². The molecule has 0 saturated heterocycles. The van der Waals surface area contributed by atoms with Gasteiger partial charge < -0.3 is 4.74 Å². The quantitative estimate of drug-likeness (QED) is 0.550. The highest BCUT2D eigenvalue weighted by Gasteiger charge is 2.20. The maximum Gasteiger partial charge on any atom is 0.262 e. The van der Waals surface area contributed by atoms with Crippen molar-refractivity contribution in [3.8, 4) is 5.75 Å². The molecular formula is C22H24N2O5S2. The molecule has 0 heterocycles. The van der Waals surface area contributed by atoms with Gasteiger partial charge in [-0.3, -0.25) is 9.44 Å². The normalized spacial score (nSPS) is 11.7. The highest BCUT2D eigenvalue weighted by Crippen LogP contribution is 2.26. The van der Waals surface area contributed by atoms with E-state index in [2.05, 4.69) is 9.44 Å². The van der Waals surface area contributed by atoms with Crippen molar-refractivity contribution < 1.29 is 21.6 Å². The molecule has 0 unspecified atom stereocenters. The molecule has 0 saturated carbocycles. The third-order valence-electron chi connectivity index (χ3n) is 4.63. The second-order valence-corrected chi connectivity index (χ2v) is 10.5. The van der Waals surface area contributed by atoms with Crippen LogP contribution in [0.4, 0.5) is 11.4 Å². The van der Waals surface area contributed by atoms with E-state index in [0.717, 1.165) is 5.56 Å². The van der Waals surface area contributed by atoms with Crippen LogP contribution in [0.15, 0.2) is 70.5 Å². The first-order valence-corrected chi connectivity index (χ1v) is 12.4. The zero-order valence-electron chi connectivity index (χ0n) is 17.6. The van der Waals surface area contributed by atoms with E-state index in [9.17, 15) is 16.8 Å². The van der Waals surface area contributed by atoms with Crippen molar-refractivity contribution in [2.75, 3.05) is 16.6 Å². The minimum atomic E-state index is -3.79. The molecule has 9 heteroatoms. The van der Waals surface area contributed by atoms with E-state index < -0.39 is 20.0 Å². The molecule has 0 atom stereocenters. The first-order valence-electron chi connectivity index (χ1n) is 9.39. The molecule has 0 aliphatic heterocycles. The molecule has 0 aliphatic carbocycles. The summed E-state index contributed by atoms with van der Waals surface area (Å²) >= 11 is 0. The third kappa shape index (κ3) is 5.18. The highest BCUT2D eigenvalue weighted by atomic mass is 32.2. The maximum atomic E-state index is 12.9. The molecule has 0 radical (unpaired) electrons. The lowest BCUT2D eigenvalue weighted by atomic mass is 10.1. The first kappa shape index (κ1) is 22.6. The summed E-state index contributed by atoms with van der Waals surface area (Å²) in [7, 11) is -6.08. The highest BCUT2D eigenvalue weighted by molar-refractivity contribution is 7.93. The van der Waals surface area contributed by atoms with Gasteiger partial charge in [-0.05, 0) is 80.4 Å². The number of rotatable bonds is 7. The van der Waals surface area contributed by atoms with Crippen LogP contribution in [0, 0.1) is 20.8 Å². The maximum absolute atomic E-state index is 12.9. The van der Waals surface area contributed by atoms with Gasteiger partial charge in [0.05, 0.1) is 16.9 Å². The average Bonchev–Trinajstić information content (AvgIpc) is 2.68. The van der Waals surface area contributed by atoms with Crippen LogP contribution in [0.2, 0.25) is 0 Å². The van der Waals surface area contributed by atoms with E-state index in [4.69, 9.17) is 4.74 Å². The van der Waals surface area contributed by atoms with Crippen LogP contribution in [0.3, 0.4) is 0 Å². The summed E-state index contributed by atoms with van der Waals surface area (Å²) in [4.78, 5) is 0.325. The van der Waals surface area contributed by atoms with E-state index in [0.29, 0.717) is 28.3 Å². The molecule has 0 spiro atoms. The van der Waals surface area contributed by atoms with E-state index in [1.165, 1.54) is 43.5 Å². The lowest BCUT2D eigenvalue weighted by molar-refractivity contribution is 0.414. The predicted molar refractivity (Wildman–Crippen MR) is 122 cm³/mol. The lowest BCUT2D eigenvalue weighted by Gasteiger charge is -2.14. The molecular weight excluding hydrogens is 436 g/mol. The van der Waals surface area contributed by atoms with Crippen molar-refractivity contribution in [2.24, 2.45) is 0 Å². The molecule has 31 heavy (non-hydrogen) atoms. The van der Waals surface area contributed by atoms with Crippen molar-refractivity contribution >= 4 is 31.4 Å². The van der Waals surface area contributed by atoms with Gasteiger partial charge >= 0.3 is 0 Å². The Morgan fingerprint density at radius 3 is 1.58 bits per heavy atom. The summed E-state index contributed by atoms with van der Waals surface area (Å²) in [5.41, 5.74) is 2.94. The van der Waals surface area contributed by atoms with Gasteiger partial charge in [-0.2, -0.15) is 0 Å². The smallest absolute Gasteiger partial charge is 0.262 e. The Balaban J connectivity index is 1.78. The number of methoxy groups -OCH3 is 1. The molecule has 3 aromatic rings. The van der Waals surface area contributed by atoms with Crippen molar-refractivity contribution in [3.63, 3.8) is 0 Å². The summed E-state index contributed by atoms with van der Waals surface area (Å²) in [6.45, 7) is 5.42. The van der Waals surface area contributed by atoms with Crippen molar-refractivity contribution in [1.29, 1.82) is 0 Å². The molecule has 3 rings (SSSR count). The standard InChI is InChI=1S/C22H24N2O5S2/c1-15-13-16(2)22(17(3)14-15)31(27,28)24-19-7-5-18(6-8-19)23-30(25,26)21-11-9-20(29-4)10-12-21/h5-14,23-24H,1-4H3. The van der Waals surface area contributed by atoms with E-state index in [1.54, 1.807) is 26.0 Å². The van der Waals surface area contributed by atoms with Crippen LogP contribution in [0.1, 0.15) is 16.7 Å². The average molecular weight is 461 g/mol. The fraction of sp³-hybridized carbons (Fsp3) is 0.182.